The minimum Gasteiger partial charge on any atom is -0.426 e. The molecule has 0 spiro atoms. The molecule has 0 radical (unpaired) electrons. The van der Waals surface area contributed by atoms with Gasteiger partial charge in [0.1, 0.15) is 12.0 Å². The molecule has 0 fully saturated rings. The van der Waals surface area contributed by atoms with Gasteiger partial charge in [-0.1, -0.05) is 18.2 Å². The van der Waals surface area contributed by atoms with Crippen molar-refractivity contribution in [1.29, 1.82) is 0 Å². The Balaban J connectivity index is 2.79. The van der Waals surface area contributed by atoms with Crippen LogP contribution in [0.25, 0.3) is 0 Å². The first-order valence-electron chi connectivity index (χ1n) is 4.44. The highest BCUT2D eigenvalue weighted by Crippen LogP contribution is 2.19. The van der Waals surface area contributed by atoms with Gasteiger partial charge in [-0.15, -0.1) is 0 Å². The maximum absolute atomic E-state index is 10.7. The monoisotopic (exact) mass is 192 g/mol. The lowest BCUT2D eigenvalue weighted by Gasteiger charge is -2.06. The normalized spacial score (nSPS) is 9.50. The standard InChI is InChI=1S/C11H12O3/c1-9(13)14-11-7-3-2-5-10(11)6-4-8-12/h2-3,5,7-8H,4,6H2,1H3. The molecule has 0 atom stereocenters. The van der Waals surface area contributed by atoms with Crippen molar-refractivity contribution in [1.82, 2.24) is 0 Å². The molecule has 0 aromatic heterocycles. The van der Waals surface area contributed by atoms with E-state index in [1.165, 1.54) is 6.92 Å². The molecule has 74 valence electrons. The number of carbonyl (C=O) groups is 2. The van der Waals surface area contributed by atoms with Crippen molar-refractivity contribution >= 4 is 12.3 Å². The summed E-state index contributed by atoms with van der Waals surface area (Å²) in [4.78, 5) is 21.0. The third-order valence-corrected chi connectivity index (χ3v) is 1.76. The highest BCUT2D eigenvalue weighted by Gasteiger charge is 2.04. The van der Waals surface area contributed by atoms with Gasteiger partial charge in [0, 0.05) is 13.3 Å². The maximum Gasteiger partial charge on any atom is 0.308 e. The summed E-state index contributed by atoms with van der Waals surface area (Å²) < 4.78 is 4.99. The van der Waals surface area contributed by atoms with Crippen LogP contribution in [0.1, 0.15) is 18.9 Å². The van der Waals surface area contributed by atoms with Gasteiger partial charge in [-0.05, 0) is 18.1 Å². The van der Waals surface area contributed by atoms with E-state index in [-0.39, 0.29) is 5.97 Å². The lowest BCUT2D eigenvalue weighted by molar-refractivity contribution is -0.131. The van der Waals surface area contributed by atoms with Gasteiger partial charge in [-0.3, -0.25) is 4.79 Å². The number of benzene rings is 1. The summed E-state index contributed by atoms with van der Waals surface area (Å²) in [7, 11) is 0. The van der Waals surface area contributed by atoms with Crippen LogP contribution in [0, 0.1) is 0 Å². The molecule has 0 aliphatic rings. The van der Waals surface area contributed by atoms with E-state index in [4.69, 9.17) is 4.74 Å². The van der Waals surface area contributed by atoms with Crippen LogP contribution in [0.3, 0.4) is 0 Å². The van der Waals surface area contributed by atoms with Crippen LogP contribution < -0.4 is 4.74 Å². The molecule has 0 saturated heterocycles. The summed E-state index contributed by atoms with van der Waals surface area (Å²) in [5.74, 6) is 0.199. The van der Waals surface area contributed by atoms with E-state index >= 15 is 0 Å². The summed E-state index contributed by atoms with van der Waals surface area (Å²) in [6, 6.07) is 7.22. The highest BCUT2D eigenvalue weighted by molar-refractivity contribution is 5.69. The van der Waals surface area contributed by atoms with Crippen molar-refractivity contribution in [3.05, 3.63) is 29.8 Å². The predicted molar refractivity (Wildman–Crippen MR) is 52.1 cm³/mol. The molecule has 0 N–H and O–H groups in total. The lowest BCUT2D eigenvalue weighted by atomic mass is 10.1. The molecule has 1 aromatic carbocycles. The number of aldehydes is 1. The van der Waals surface area contributed by atoms with Crippen LogP contribution >= 0.6 is 0 Å². The van der Waals surface area contributed by atoms with Crippen LogP contribution in [-0.2, 0) is 16.0 Å². The van der Waals surface area contributed by atoms with Gasteiger partial charge in [0.25, 0.3) is 0 Å². The second kappa shape index (κ2) is 5.17. The first-order valence-corrected chi connectivity index (χ1v) is 4.44. The summed E-state index contributed by atoms with van der Waals surface area (Å²) in [6.07, 6.45) is 1.90. The molecule has 3 nitrogen and oxygen atoms in total. The van der Waals surface area contributed by atoms with E-state index in [2.05, 4.69) is 0 Å². The van der Waals surface area contributed by atoms with Gasteiger partial charge in [-0.2, -0.15) is 0 Å². The van der Waals surface area contributed by atoms with Gasteiger partial charge in [-0.25, -0.2) is 0 Å². The quantitative estimate of drug-likeness (QED) is 0.414. The van der Waals surface area contributed by atoms with Gasteiger partial charge < -0.3 is 9.53 Å². The zero-order valence-corrected chi connectivity index (χ0v) is 8.03. The number of esters is 1. The van der Waals surface area contributed by atoms with Gasteiger partial charge in [0.2, 0.25) is 0 Å². The highest BCUT2D eigenvalue weighted by atomic mass is 16.5. The minimum atomic E-state index is -0.344. The Bertz CT molecular complexity index is 331. The molecule has 0 aliphatic carbocycles. The Morgan fingerprint density at radius 1 is 1.43 bits per heavy atom. The summed E-state index contributed by atoms with van der Waals surface area (Å²) in [5, 5.41) is 0. The van der Waals surface area contributed by atoms with E-state index < -0.39 is 0 Å². The van der Waals surface area contributed by atoms with Crippen LogP contribution in [0.2, 0.25) is 0 Å². The Labute approximate surface area is 82.7 Å². The number of aryl methyl sites for hydroxylation is 1. The molecule has 0 bridgehead atoms. The molecule has 0 saturated carbocycles. The van der Waals surface area contributed by atoms with Gasteiger partial charge in [0.05, 0.1) is 0 Å². The molecule has 0 unspecified atom stereocenters. The molecule has 3 heteroatoms. The van der Waals surface area contributed by atoms with Crippen molar-refractivity contribution < 1.29 is 14.3 Å². The zero-order chi connectivity index (χ0) is 10.4. The second-order valence-electron chi connectivity index (χ2n) is 2.91. The average molecular weight is 192 g/mol. The first kappa shape index (κ1) is 10.4. The number of hydrogen-bond donors (Lipinski definition) is 0. The van der Waals surface area contributed by atoms with E-state index in [9.17, 15) is 9.59 Å². The van der Waals surface area contributed by atoms with E-state index in [1.54, 1.807) is 12.1 Å². The molecular formula is C11H12O3. The van der Waals surface area contributed by atoms with Crippen molar-refractivity contribution in [2.45, 2.75) is 19.8 Å². The van der Waals surface area contributed by atoms with Crippen molar-refractivity contribution in [3.63, 3.8) is 0 Å². The Morgan fingerprint density at radius 3 is 2.79 bits per heavy atom. The Hall–Kier alpha value is -1.64. The summed E-state index contributed by atoms with van der Waals surface area (Å²) >= 11 is 0. The number of hydrogen-bond acceptors (Lipinski definition) is 3. The molecule has 1 rings (SSSR count). The smallest absolute Gasteiger partial charge is 0.308 e. The third-order valence-electron chi connectivity index (χ3n) is 1.76. The van der Waals surface area contributed by atoms with Crippen LogP contribution in [0.15, 0.2) is 24.3 Å². The van der Waals surface area contributed by atoms with Crippen LogP contribution in [0.5, 0.6) is 5.75 Å². The van der Waals surface area contributed by atoms with E-state index in [0.717, 1.165) is 11.8 Å². The number of ether oxygens (including phenoxy) is 1. The molecule has 14 heavy (non-hydrogen) atoms. The SMILES string of the molecule is CC(=O)Oc1ccccc1CCC=O. The molecule has 0 amide bonds. The fourth-order valence-electron chi connectivity index (χ4n) is 1.18. The topological polar surface area (TPSA) is 43.4 Å². The molecule has 0 aliphatic heterocycles. The lowest BCUT2D eigenvalue weighted by Crippen LogP contribution is -2.03. The number of carbonyl (C=O) groups excluding carboxylic acids is 2. The van der Waals surface area contributed by atoms with Crippen LogP contribution in [-0.4, -0.2) is 12.3 Å². The van der Waals surface area contributed by atoms with E-state index in [1.807, 2.05) is 12.1 Å². The number of para-hydroxylation sites is 1. The van der Waals surface area contributed by atoms with Crippen molar-refractivity contribution in [2.75, 3.05) is 0 Å². The van der Waals surface area contributed by atoms with Crippen molar-refractivity contribution in [3.8, 4) is 5.75 Å². The summed E-state index contributed by atoms with van der Waals surface area (Å²) in [6.45, 7) is 1.36. The Morgan fingerprint density at radius 2 is 2.14 bits per heavy atom. The fourth-order valence-corrected chi connectivity index (χ4v) is 1.18. The number of rotatable bonds is 4. The molecule has 1 aromatic rings. The van der Waals surface area contributed by atoms with Gasteiger partial charge >= 0.3 is 5.97 Å². The Kier molecular flexibility index (Phi) is 3.85. The van der Waals surface area contributed by atoms with E-state index in [0.29, 0.717) is 18.6 Å². The zero-order valence-electron chi connectivity index (χ0n) is 8.03. The van der Waals surface area contributed by atoms with Crippen molar-refractivity contribution in [2.24, 2.45) is 0 Å². The van der Waals surface area contributed by atoms with Crippen LogP contribution in [0.4, 0.5) is 0 Å². The average Bonchev–Trinajstić information content (AvgIpc) is 2.16. The molecule has 0 heterocycles. The molecular weight excluding hydrogens is 180 g/mol. The minimum absolute atomic E-state index is 0.344. The third kappa shape index (κ3) is 3.01. The summed E-state index contributed by atoms with van der Waals surface area (Å²) in [5.41, 5.74) is 0.884. The fraction of sp³-hybridized carbons (Fsp3) is 0.273. The van der Waals surface area contributed by atoms with Gasteiger partial charge in [0.15, 0.2) is 0 Å². The maximum atomic E-state index is 10.7. The first-order chi connectivity index (χ1) is 6.74. The largest absolute Gasteiger partial charge is 0.426 e. The predicted octanol–water partition coefficient (Wildman–Crippen LogP) is 1.74. The second-order valence-corrected chi connectivity index (χ2v) is 2.91.